The second-order valence-electron chi connectivity index (χ2n) is 10.1. The Balaban J connectivity index is 1.38. The predicted octanol–water partition coefficient (Wildman–Crippen LogP) is 9.08. The summed E-state index contributed by atoms with van der Waals surface area (Å²) in [5.74, 6) is 4.01. The zero-order valence-corrected chi connectivity index (χ0v) is 18.9. The summed E-state index contributed by atoms with van der Waals surface area (Å²) in [6.45, 7) is 4.62. The molecule has 0 atom stereocenters. The number of hydrogen-bond acceptors (Lipinski definition) is 0. The van der Waals surface area contributed by atoms with Crippen LogP contribution in [0.1, 0.15) is 127 Å². The molecular formula is C28H46. The van der Waals surface area contributed by atoms with E-state index in [-0.39, 0.29) is 0 Å². The normalized spacial score (nSPS) is 28.4. The third-order valence-corrected chi connectivity index (χ3v) is 8.07. The van der Waals surface area contributed by atoms with Crippen molar-refractivity contribution in [3.63, 3.8) is 0 Å². The van der Waals surface area contributed by atoms with Gasteiger partial charge in [0.25, 0.3) is 0 Å². The quantitative estimate of drug-likeness (QED) is 0.354. The first-order chi connectivity index (χ1) is 13.8. The van der Waals surface area contributed by atoms with Gasteiger partial charge in [0, 0.05) is 0 Å². The lowest BCUT2D eigenvalue weighted by Crippen LogP contribution is -2.25. The van der Waals surface area contributed by atoms with E-state index in [2.05, 4.69) is 38.1 Å². The fourth-order valence-corrected chi connectivity index (χ4v) is 6.09. The van der Waals surface area contributed by atoms with E-state index in [1.54, 1.807) is 24.0 Å². The summed E-state index contributed by atoms with van der Waals surface area (Å²) < 4.78 is 0. The topological polar surface area (TPSA) is 0 Å². The molecule has 0 heterocycles. The Kier molecular flexibility index (Phi) is 9.42. The second kappa shape index (κ2) is 12.0. The Hall–Kier alpha value is -0.780. The largest absolute Gasteiger partial charge is 0.0654 e. The average molecular weight is 383 g/mol. The summed E-state index contributed by atoms with van der Waals surface area (Å²) >= 11 is 0. The summed E-state index contributed by atoms with van der Waals surface area (Å²) in [6.07, 6.45) is 23.1. The molecule has 2 aliphatic carbocycles. The van der Waals surface area contributed by atoms with Gasteiger partial charge in [-0.3, -0.25) is 0 Å². The van der Waals surface area contributed by atoms with Crippen LogP contribution in [0.25, 0.3) is 0 Å². The molecular weight excluding hydrogens is 336 g/mol. The third kappa shape index (κ3) is 6.64. The zero-order valence-electron chi connectivity index (χ0n) is 18.9. The molecule has 0 spiro atoms. The number of aryl methyl sites for hydroxylation is 1. The van der Waals surface area contributed by atoms with Gasteiger partial charge in [-0.1, -0.05) is 89.5 Å². The molecule has 2 aliphatic rings. The Bertz CT molecular complexity index is 511. The predicted molar refractivity (Wildman–Crippen MR) is 124 cm³/mol. The van der Waals surface area contributed by atoms with Crippen LogP contribution in [0.5, 0.6) is 0 Å². The Morgan fingerprint density at radius 3 is 1.82 bits per heavy atom. The van der Waals surface area contributed by atoms with E-state index < -0.39 is 0 Å². The van der Waals surface area contributed by atoms with Gasteiger partial charge in [-0.15, -0.1) is 0 Å². The van der Waals surface area contributed by atoms with Gasteiger partial charge in [0.05, 0.1) is 0 Å². The van der Waals surface area contributed by atoms with Crippen LogP contribution in [-0.4, -0.2) is 0 Å². The smallest absolute Gasteiger partial charge is 0.0162 e. The standard InChI is InChI=1S/C28H46/c1-3-5-7-9-23-11-15-25(16-12-23)27-19-21-28(22-20-27)26-17-13-24(14-18-26)10-8-6-4-2/h11-12,15-16,24,26-28H,3-10,13-14,17-22H2,1-2H3/t24-,26-,27-,28-. The van der Waals surface area contributed by atoms with Crippen LogP contribution in [0.15, 0.2) is 24.3 Å². The Morgan fingerprint density at radius 2 is 1.21 bits per heavy atom. The van der Waals surface area contributed by atoms with Gasteiger partial charge in [-0.05, 0) is 86.2 Å². The summed E-state index contributed by atoms with van der Waals surface area (Å²) in [5, 5.41) is 0. The number of unbranched alkanes of at least 4 members (excludes halogenated alkanes) is 4. The molecule has 3 rings (SSSR count). The van der Waals surface area contributed by atoms with Crippen LogP contribution < -0.4 is 0 Å². The van der Waals surface area contributed by atoms with Gasteiger partial charge in [0.1, 0.15) is 0 Å². The van der Waals surface area contributed by atoms with E-state index in [0.29, 0.717) is 0 Å². The first-order valence-corrected chi connectivity index (χ1v) is 12.9. The van der Waals surface area contributed by atoms with Crippen molar-refractivity contribution in [3.8, 4) is 0 Å². The first-order valence-electron chi connectivity index (χ1n) is 12.9. The van der Waals surface area contributed by atoms with Crippen LogP contribution in [0.2, 0.25) is 0 Å². The maximum Gasteiger partial charge on any atom is -0.0162 e. The molecule has 0 aliphatic heterocycles. The molecule has 0 nitrogen and oxygen atoms in total. The van der Waals surface area contributed by atoms with Crippen molar-refractivity contribution in [3.05, 3.63) is 35.4 Å². The fraction of sp³-hybridized carbons (Fsp3) is 0.786. The molecule has 1 aromatic rings. The van der Waals surface area contributed by atoms with E-state index in [1.165, 1.54) is 89.9 Å². The monoisotopic (exact) mass is 382 g/mol. The van der Waals surface area contributed by atoms with E-state index in [1.807, 2.05) is 0 Å². The van der Waals surface area contributed by atoms with Gasteiger partial charge in [0.2, 0.25) is 0 Å². The highest BCUT2D eigenvalue weighted by atomic mass is 14.4. The maximum atomic E-state index is 2.45. The highest BCUT2D eigenvalue weighted by Crippen LogP contribution is 2.44. The fourth-order valence-electron chi connectivity index (χ4n) is 6.09. The van der Waals surface area contributed by atoms with Gasteiger partial charge in [-0.2, -0.15) is 0 Å². The highest BCUT2D eigenvalue weighted by Gasteiger charge is 2.31. The molecule has 0 saturated heterocycles. The van der Waals surface area contributed by atoms with Crippen LogP contribution in [0.4, 0.5) is 0 Å². The summed E-state index contributed by atoms with van der Waals surface area (Å²) in [7, 11) is 0. The molecule has 2 saturated carbocycles. The average Bonchev–Trinajstić information content (AvgIpc) is 2.75. The van der Waals surface area contributed by atoms with Crippen molar-refractivity contribution < 1.29 is 0 Å². The molecule has 0 radical (unpaired) electrons. The van der Waals surface area contributed by atoms with Gasteiger partial charge >= 0.3 is 0 Å². The summed E-state index contributed by atoms with van der Waals surface area (Å²) in [6, 6.07) is 9.73. The van der Waals surface area contributed by atoms with Crippen molar-refractivity contribution >= 4 is 0 Å². The first kappa shape index (κ1) is 21.9. The lowest BCUT2D eigenvalue weighted by molar-refractivity contribution is 0.155. The molecule has 1 aromatic carbocycles. The van der Waals surface area contributed by atoms with Crippen molar-refractivity contribution in [1.29, 1.82) is 0 Å². The molecule has 0 amide bonds. The Morgan fingerprint density at radius 1 is 0.643 bits per heavy atom. The zero-order chi connectivity index (χ0) is 19.6. The molecule has 28 heavy (non-hydrogen) atoms. The van der Waals surface area contributed by atoms with Crippen LogP contribution in [-0.2, 0) is 6.42 Å². The minimum atomic E-state index is 0.839. The minimum absolute atomic E-state index is 0.839. The minimum Gasteiger partial charge on any atom is -0.0654 e. The van der Waals surface area contributed by atoms with E-state index >= 15 is 0 Å². The summed E-state index contributed by atoms with van der Waals surface area (Å²) in [5.41, 5.74) is 3.17. The van der Waals surface area contributed by atoms with Crippen LogP contribution in [0, 0.1) is 17.8 Å². The molecule has 2 fully saturated rings. The third-order valence-electron chi connectivity index (χ3n) is 8.07. The van der Waals surface area contributed by atoms with Gasteiger partial charge < -0.3 is 0 Å². The summed E-state index contributed by atoms with van der Waals surface area (Å²) in [4.78, 5) is 0. The lowest BCUT2D eigenvalue weighted by Gasteiger charge is -2.38. The SMILES string of the molecule is CCCCCc1ccc([C@H]2CC[C@H]([C@H]3CC[C@H](CCCCC)CC3)CC2)cc1. The highest BCUT2D eigenvalue weighted by molar-refractivity contribution is 5.26. The van der Waals surface area contributed by atoms with Crippen LogP contribution >= 0.6 is 0 Å². The maximum absolute atomic E-state index is 2.45. The number of rotatable bonds is 10. The van der Waals surface area contributed by atoms with Crippen molar-refractivity contribution in [1.82, 2.24) is 0 Å². The van der Waals surface area contributed by atoms with E-state index in [0.717, 1.165) is 23.7 Å². The van der Waals surface area contributed by atoms with E-state index in [9.17, 15) is 0 Å². The number of benzene rings is 1. The van der Waals surface area contributed by atoms with Crippen molar-refractivity contribution in [2.45, 2.75) is 122 Å². The van der Waals surface area contributed by atoms with Crippen molar-refractivity contribution in [2.75, 3.05) is 0 Å². The van der Waals surface area contributed by atoms with Crippen LogP contribution in [0.3, 0.4) is 0 Å². The second-order valence-corrected chi connectivity index (χ2v) is 10.1. The Labute approximate surface area is 175 Å². The lowest BCUT2D eigenvalue weighted by atomic mass is 9.68. The number of hydrogen-bond donors (Lipinski definition) is 0. The molecule has 0 bridgehead atoms. The molecule has 0 heteroatoms. The van der Waals surface area contributed by atoms with E-state index in [4.69, 9.17) is 0 Å². The molecule has 0 aromatic heterocycles. The van der Waals surface area contributed by atoms with Gasteiger partial charge in [-0.25, -0.2) is 0 Å². The molecule has 0 N–H and O–H groups in total. The molecule has 0 unspecified atom stereocenters. The molecule has 158 valence electrons. The van der Waals surface area contributed by atoms with Crippen molar-refractivity contribution in [2.24, 2.45) is 17.8 Å². The van der Waals surface area contributed by atoms with Gasteiger partial charge in [0.15, 0.2) is 0 Å².